The molecular formula is C29H57N. The molecule has 0 saturated heterocycles. The van der Waals surface area contributed by atoms with Crippen molar-refractivity contribution in [1.29, 1.82) is 5.26 Å². The van der Waals surface area contributed by atoms with Gasteiger partial charge in [-0.3, -0.25) is 0 Å². The first-order valence-corrected chi connectivity index (χ1v) is 13.8. The molecule has 30 heavy (non-hydrogen) atoms. The molecular weight excluding hydrogens is 362 g/mol. The first kappa shape index (κ1) is 29.5. The van der Waals surface area contributed by atoms with Crippen LogP contribution >= 0.6 is 0 Å². The zero-order valence-electron chi connectivity index (χ0n) is 21.9. The Hall–Kier alpha value is -0.510. The van der Waals surface area contributed by atoms with Gasteiger partial charge in [-0.05, 0) is 36.5 Å². The van der Waals surface area contributed by atoms with Crippen molar-refractivity contribution in [3.05, 3.63) is 0 Å². The molecule has 3 atom stereocenters. The zero-order chi connectivity index (χ0) is 22.7. The van der Waals surface area contributed by atoms with Crippen molar-refractivity contribution < 1.29 is 0 Å². The van der Waals surface area contributed by atoms with E-state index in [1.165, 1.54) is 103 Å². The van der Waals surface area contributed by atoms with Gasteiger partial charge >= 0.3 is 0 Å². The van der Waals surface area contributed by atoms with Gasteiger partial charge in [0.2, 0.25) is 0 Å². The minimum atomic E-state index is 0.311. The molecule has 0 aromatic rings. The van der Waals surface area contributed by atoms with E-state index in [0.29, 0.717) is 11.3 Å². The van der Waals surface area contributed by atoms with Crippen LogP contribution in [0.1, 0.15) is 157 Å². The Morgan fingerprint density at radius 3 is 1.60 bits per heavy atom. The number of nitriles is 1. The fourth-order valence-electron chi connectivity index (χ4n) is 5.07. The molecule has 0 aliphatic rings. The molecule has 0 aromatic heterocycles. The predicted octanol–water partition coefficient (Wildman–Crippen LogP) is 10.5. The van der Waals surface area contributed by atoms with Crippen LogP contribution in [0.15, 0.2) is 0 Å². The van der Waals surface area contributed by atoms with Crippen molar-refractivity contribution in [2.45, 2.75) is 157 Å². The number of nitrogens with zero attached hydrogens (tertiary/aromatic N) is 1. The Kier molecular flexibility index (Phi) is 18.9. The van der Waals surface area contributed by atoms with Crippen molar-refractivity contribution in [1.82, 2.24) is 0 Å². The van der Waals surface area contributed by atoms with Gasteiger partial charge in [-0.2, -0.15) is 5.26 Å². The summed E-state index contributed by atoms with van der Waals surface area (Å²) in [5.41, 5.74) is 0.513. The molecule has 0 aliphatic heterocycles. The monoisotopic (exact) mass is 419 g/mol. The lowest BCUT2D eigenvalue weighted by Gasteiger charge is -2.33. The molecule has 178 valence electrons. The summed E-state index contributed by atoms with van der Waals surface area (Å²) < 4.78 is 0. The molecule has 0 aliphatic carbocycles. The van der Waals surface area contributed by atoms with Gasteiger partial charge in [0.1, 0.15) is 0 Å². The highest BCUT2D eigenvalue weighted by atomic mass is 14.3. The minimum absolute atomic E-state index is 0.311. The van der Waals surface area contributed by atoms with Crippen LogP contribution in [0.3, 0.4) is 0 Å². The number of hydrogen-bond acceptors (Lipinski definition) is 1. The fraction of sp³-hybridized carbons (Fsp3) is 0.966. The van der Waals surface area contributed by atoms with Gasteiger partial charge < -0.3 is 0 Å². The van der Waals surface area contributed by atoms with Gasteiger partial charge in [-0.15, -0.1) is 0 Å². The number of hydrogen-bond donors (Lipinski definition) is 0. The summed E-state index contributed by atoms with van der Waals surface area (Å²) >= 11 is 0. The second-order valence-electron chi connectivity index (χ2n) is 10.9. The van der Waals surface area contributed by atoms with E-state index in [0.717, 1.165) is 24.7 Å². The Balaban J connectivity index is 3.60. The van der Waals surface area contributed by atoms with Crippen molar-refractivity contribution in [3.8, 4) is 6.07 Å². The second-order valence-corrected chi connectivity index (χ2v) is 10.9. The average molecular weight is 420 g/mol. The zero-order valence-corrected chi connectivity index (χ0v) is 21.9. The molecule has 0 bridgehead atoms. The average Bonchev–Trinajstić information content (AvgIpc) is 2.73. The molecule has 0 saturated carbocycles. The maximum absolute atomic E-state index is 9.43. The van der Waals surface area contributed by atoms with Crippen molar-refractivity contribution >= 4 is 0 Å². The van der Waals surface area contributed by atoms with E-state index in [9.17, 15) is 5.26 Å². The first-order chi connectivity index (χ1) is 14.4. The van der Waals surface area contributed by atoms with E-state index in [-0.39, 0.29) is 0 Å². The normalized spacial score (nSPS) is 15.0. The summed E-state index contributed by atoms with van der Waals surface area (Å²) in [7, 11) is 0. The molecule has 0 amide bonds. The highest BCUT2D eigenvalue weighted by Crippen LogP contribution is 2.36. The van der Waals surface area contributed by atoms with Crippen molar-refractivity contribution in [3.63, 3.8) is 0 Å². The lowest BCUT2D eigenvalue weighted by molar-refractivity contribution is 0.180. The summed E-state index contributed by atoms with van der Waals surface area (Å²) in [4.78, 5) is 0. The molecule has 3 unspecified atom stereocenters. The summed E-state index contributed by atoms with van der Waals surface area (Å²) in [6.07, 6.45) is 23.9. The molecule has 0 N–H and O–H groups in total. The lowest BCUT2D eigenvalue weighted by Crippen LogP contribution is -2.22. The van der Waals surface area contributed by atoms with Gasteiger partial charge in [0.25, 0.3) is 0 Å². The molecule has 0 radical (unpaired) electrons. The van der Waals surface area contributed by atoms with E-state index in [4.69, 9.17) is 0 Å². The number of unbranched alkanes of at least 4 members (excludes halogenated alkanes) is 8. The smallest absolute Gasteiger partial charge is 0.0655 e. The van der Waals surface area contributed by atoms with Crippen LogP contribution in [0.4, 0.5) is 0 Å². The van der Waals surface area contributed by atoms with E-state index in [2.05, 4.69) is 47.6 Å². The van der Waals surface area contributed by atoms with Crippen LogP contribution in [0, 0.1) is 34.5 Å². The van der Waals surface area contributed by atoms with Crippen molar-refractivity contribution in [2.75, 3.05) is 0 Å². The molecule has 1 nitrogen and oxygen atoms in total. The largest absolute Gasteiger partial charge is 0.198 e. The topological polar surface area (TPSA) is 23.8 Å². The number of rotatable bonds is 21. The quantitative estimate of drug-likeness (QED) is 0.170. The Morgan fingerprint density at radius 1 is 0.667 bits per heavy atom. The van der Waals surface area contributed by atoms with Gasteiger partial charge in [0, 0.05) is 5.92 Å². The summed E-state index contributed by atoms with van der Waals surface area (Å²) in [6, 6.07) is 2.57. The maximum Gasteiger partial charge on any atom is 0.0655 e. The third-order valence-electron chi connectivity index (χ3n) is 7.83. The van der Waals surface area contributed by atoms with Gasteiger partial charge in [-0.25, -0.2) is 0 Å². The van der Waals surface area contributed by atoms with Crippen molar-refractivity contribution in [2.24, 2.45) is 23.2 Å². The van der Waals surface area contributed by atoms with Gasteiger partial charge in [0.15, 0.2) is 0 Å². The SMILES string of the molecule is CCCC(C)CCCCCC(C#N)CCCCCCCCCC(CC)C(C)(C)CC. The van der Waals surface area contributed by atoms with Crippen LogP contribution in [-0.2, 0) is 0 Å². The molecule has 0 fully saturated rings. The molecule has 0 aromatic carbocycles. The van der Waals surface area contributed by atoms with Crippen LogP contribution < -0.4 is 0 Å². The van der Waals surface area contributed by atoms with E-state index in [1.807, 2.05) is 0 Å². The molecule has 0 spiro atoms. The van der Waals surface area contributed by atoms with E-state index in [1.54, 1.807) is 0 Å². The lowest BCUT2D eigenvalue weighted by atomic mass is 9.73. The summed E-state index contributed by atoms with van der Waals surface area (Å²) in [5, 5.41) is 9.43. The standard InChI is InChI=1S/C29H57N/c1-7-20-26(4)21-16-15-18-23-27(25-30)22-17-13-11-10-12-14-19-24-28(8-2)29(5,6)9-3/h26-28H,7-24H2,1-6H3. The first-order valence-electron chi connectivity index (χ1n) is 13.8. The Morgan fingerprint density at radius 2 is 1.13 bits per heavy atom. The van der Waals surface area contributed by atoms with E-state index >= 15 is 0 Å². The van der Waals surface area contributed by atoms with Crippen LogP contribution in [0.2, 0.25) is 0 Å². The predicted molar refractivity (Wildman–Crippen MR) is 136 cm³/mol. The maximum atomic E-state index is 9.43. The minimum Gasteiger partial charge on any atom is -0.198 e. The molecule has 1 heteroatoms. The third kappa shape index (κ3) is 15.3. The highest BCUT2D eigenvalue weighted by Gasteiger charge is 2.25. The Labute approximate surface area is 191 Å². The van der Waals surface area contributed by atoms with Gasteiger partial charge in [-0.1, -0.05) is 138 Å². The third-order valence-corrected chi connectivity index (χ3v) is 7.83. The highest BCUT2D eigenvalue weighted by molar-refractivity contribution is 4.82. The Bertz CT molecular complexity index is 405. The van der Waals surface area contributed by atoms with Crippen LogP contribution in [-0.4, -0.2) is 0 Å². The molecule has 0 rings (SSSR count). The summed E-state index contributed by atoms with van der Waals surface area (Å²) in [6.45, 7) is 14.3. The van der Waals surface area contributed by atoms with Crippen LogP contribution in [0.5, 0.6) is 0 Å². The summed E-state index contributed by atoms with van der Waals surface area (Å²) in [5.74, 6) is 2.09. The molecule has 0 heterocycles. The van der Waals surface area contributed by atoms with E-state index < -0.39 is 0 Å². The fourth-order valence-corrected chi connectivity index (χ4v) is 5.07. The second kappa shape index (κ2) is 19.2. The van der Waals surface area contributed by atoms with Crippen LogP contribution in [0.25, 0.3) is 0 Å². The van der Waals surface area contributed by atoms with Gasteiger partial charge in [0.05, 0.1) is 6.07 Å².